The molecule has 0 radical (unpaired) electrons. The van der Waals surface area contributed by atoms with E-state index in [0.29, 0.717) is 23.2 Å². The van der Waals surface area contributed by atoms with E-state index in [9.17, 15) is 4.79 Å². The number of carbonyl (C=O) groups excluding carboxylic acids is 1. The lowest BCUT2D eigenvalue weighted by Crippen LogP contribution is -2.30. The third-order valence-electron chi connectivity index (χ3n) is 4.91. The van der Waals surface area contributed by atoms with Gasteiger partial charge in [0, 0.05) is 30.1 Å². The van der Waals surface area contributed by atoms with Gasteiger partial charge in [0.2, 0.25) is 0 Å². The molecular formula is C24H18N4O3S. The van der Waals surface area contributed by atoms with Crippen LogP contribution in [0.3, 0.4) is 0 Å². The van der Waals surface area contributed by atoms with Crippen molar-refractivity contribution in [3.63, 3.8) is 0 Å². The molecule has 32 heavy (non-hydrogen) atoms. The minimum absolute atomic E-state index is 0.213. The molecule has 1 amide bonds. The lowest BCUT2D eigenvalue weighted by molar-refractivity contribution is 0.0976. The second-order valence-corrected chi connectivity index (χ2v) is 8.03. The molecule has 5 aromatic rings. The molecule has 0 saturated heterocycles. The van der Waals surface area contributed by atoms with Crippen LogP contribution in [-0.4, -0.2) is 28.1 Å². The Morgan fingerprint density at radius 2 is 1.97 bits per heavy atom. The van der Waals surface area contributed by atoms with Gasteiger partial charge in [-0.3, -0.25) is 14.7 Å². The van der Waals surface area contributed by atoms with Crippen molar-refractivity contribution in [3.05, 3.63) is 90.4 Å². The number of benzene rings is 2. The van der Waals surface area contributed by atoms with Gasteiger partial charge in [0.15, 0.2) is 16.6 Å². The van der Waals surface area contributed by atoms with Crippen LogP contribution < -0.4 is 9.64 Å². The van der Waals surface area contributed by atoms with Gasteiger partial charge in [0.25, 0.3) is 5.91 Å². The van der Waals surface area contributed by atoms with E-state index in [2.05, 4.69) is 10.1 Å². The number of amides is 1. The maximum atomic E-state index is 13.5. The molecule has 0 aliphatic carbocycles. The Morgan fingerprint density at radius 1 is 1.09 bits per heavy atom. The molecule has 8 heteroatoms. The van der Waals surface area contributed by atoms with Gasteiger partial charge in [0.1, 0.15) is 5.75 Å². The third-order valence-corrected chi connectivity index (χ3v) is 5.97. The molecule has 158 valence electrons. The number of ether oxygens (including phenoxy) is 1. The van der Waals surface area contributed by atoms with E-state index in [1.165, 1.54) is 11.3 Å². The van der Waals surface area contributed by atoms with Crippen molar-refractivity contribution in [2.75, 3.05) is 12.0 Å². The highest BCUT2D eigenvalue weighted by Gasteiger charge is 2.25. The normalized spacial score (nSPS) is 10.9. The fourth-order valence-corrected chi connectivity index (χ4v) is 4.23. The zero-order valence-corrected chi connectivity index (χ0v) is 18.0. The Balaban J connectivity index is 1.53. The van der Waals surface area contributed by atoms with E-state index in [1.807, 2.05) is 60.7 Å². The molecule has 0 aliphatic rings. The molecule has 0 bridgehead atoms. The molecule has 0 unspecified atom stereocenters. The lowest BCUT2D eigenvalue weighted by Gasteiger charge is -2.18. The first-order chi connectivity index (χ1) is 15.7. The highest BCUT2D eigenvalue weighted by Crippen LogP contribution is 2.33. The number of rotatable bonds is 6. The molecule has 3 heterocycles. The van der Waals surface area contributed by atoms with E-state index >= 15 is 0 Å². The smallest absolute Gasteiger partial charge is 0.282 e. The second kappa shape index (κ2) is 8.60. The van der Waals surface area contributed by atoms with E-state index < -0.39 is 0 Å². The summed E-state index contributed by atoms with van der Waals surface area (Å²) in [7, 11) is 1.61. The molecule has 0 spiro atoms. The van der Waals surface area contributed by atoms with Gasteiger partial charge in [0.05, 0.1) is 23.9 Å². The van der Waals surface area contributed by atoms with Crippen LogP contribution in [0.2, 0.25) is 0 Å². The average molecular weight is 443 g/mol. The molecule has 0 saturated carbocycles. The number of methoxy groups -OCH3 is 1. The van der Waals surface area contributed by atoms with Gasteiger partial charge in [-0.2, -0.15) is 0 Å². The number of fused-ring (bicyclic) bond motifs is 1. The van der Waals surface area contributed by atoms with Gasteiger partial charge < -0.3 is 9.26 Å². The summed E-state index contributed by atoms with van der Waals surface area (Å²) in [6.07, 6.45) is 3.43. The molecule has 3 aromatic heterocycles. The number of anilines is 1. The summed E-state index contributed by atoms with van der Waals surface area (Å²) in [5, 5.41) is 4.60. The number of pyridine rings is 1. The van der Waals surface area contributed by atoms with Gasteiger partial charge in [-0.15, -0.1) is 0 Å². The zero-order valence-electron chi connectivity index (χ0n) is 17.1. The zero-order chi connectivity index (χ0) is 21.9. The minimum atomic E-state index is -0.300. The largest absolute Gasteiger partial charge is 0.497 e. The van der Waals surface area contributed by atoms with Crippen molar-refractivity contribution in [3.8, 4) is 17.1 Å². The van der Waals surface area contributed by atoms with Crippen molar-refractivity contribution in [2.45, 2.75) is 6.54 Å². The van der Waals surface area contributed by atoms with Crippen molar-refractivity contribution in [1.82, 2.24) is 15.1 Å². The lowest BCUT2D eigenvalue weighted by atomic mass is 10.1. The Bertz CT molecular complexity index is 1370. The first-order valence-electron chi connectivity index (χ1n) is 9.89. The summed E-state index contributed by atoms with van der Waals surface area (Å²) >= 11 is 1.43. The van der Waals surface area contributed by atoms with E-state index in [4.69, 9.17) is 14.2 Å². The Labute approximate surface area is 187 Å². The van der Waals surface area contributed by atoms with Crippen LogP contribution in [0.4, 0.5) is 5.13 Å². The van der Waals surface area contributed by atoms with Crippen LogP contribution in [0.15, 0.2) is 83.6 Å². The van der Waals surface area contributed by atoms with Gasteiger partial charge in [-0.05, 0) is 23.8 Å². The van der Waals surface area contributed by atoms with Gasteiger partial charge >= 0.3 is 0 Å². The molecule has 0 atom stereocenters. The predicted octanol–water partition coefficient (Wildman–Crippen LogP) is 5.20. The first-order valence-corrected chi connectivity index (χ1v) is 10.7. The summed E-state index contributed by atoms with van der Waals surface area (Å²) in [4.78, 5) is 24.0. The standard InChI is InChI=1S/C24H18N4O3S/c1-30-18-9-10-22-19(12-18)26-24(32-22)28(15-16-6-5-11-25-14-16)23(29)20-13-21(31-27-20)17-7-3-2-4-8-17/h2-14H,15H2,1H3. The Hall–Kier alpha value is -4.04. The molecule has 0 N–H and O–H groups in total. The monoisotopic (exact) mass is 442 g/mol. The van der Waals surface area contributed by atoms with Crippen LogP contribution in [0.1, 0.15) is 16.1 Å². The topological polar surface area (TPSA) is 81.4 Å². The first kappa shape index (κ1) is 19.9. The number of hydrogen-bond donors (Lipinski definition) is 0. The highest BCUT2D eigenvalue weighted by molar-refractivity contribution is 7.22. The number of nitrogens with zero attached hydrogens (tertiary/aromatic N) is 4. The fraction of sp³-hybridized carbons (Fsp3) is 0.0833. The SMILES string of the molecule is COc1ccc2sc(N(Cc3cccnc3)C(=O)c3cc(-c4ccccc4)on3)nc2c1. The van der Waals surface area contributed by atoms with Crippen LogP contribution in [0, 0.1) is 0 Å². The van der Waals surface area contributed by atoms with Crippen molar-refractivity contribution < 1.29 is 14.1 Å². The molecule has 7 nitrogen and oxygen atoms in total. The maximum Gasteiger partial charge on any atom is 0.282 e. The third kappa shape index (κ3) is 3.95. The van der Waals surface area contributed by atoms with Crippen LogP contribution in [0.25, 0.3) is 21.5 Å². The van der Waals surface area contributed by atoms with Crippen molar-refractivity contribution >= 4 is 32.6 Å². The summed E-state index contributed by atoms with van der Waals surface area (Å²) < 4.78 is 11.7. The van der Waals surface area contributed by atoms with Crippen molar-refractivity contribution in [2.24, 2.45) is 0 Å². The molecule has 0 aliphatic heterocycles. The predicted molar refractivity (Wildman–Crippen MR) is 123 cm³/mol. The minimum Gasteiger partial charge on any atom is -0.497 e. The van der Waals surface area contributed by atoms with Crippen LogP contribution in [-0.2, 0) is 6.54 Å². The van der Waals surface area contributed by atoms with Crippen molar-refractivity contribution in [1.29, 1.82) is 0 Å². The summed E-state index contributed by atoms with van der Waals surface area (Å²) in [6, 6.07) is 20.6. The Morgan fingerprint density at radius 3 is 2.75 bits per heavy atom. The molecule has 2 aromatic carbocycles. The quantitative estimate of drug-likeness (QED) is 0.359. The summed E-state index contributed by atoms with van der Waals surface area (Å²) in [6.45, 7) is 0.303. The number of carbonyl (C=O) groups is 1. The van der Waals surface area contributed by atoms with Gasteiger partial charge in [-0.1, -0.05) is 52.9 Å². The number of aromatic nitrogens is 3. The Kier molecular flexibility index (Phi) is 5.35. The molecule has 5 rings (SSSR count). The summed E-state index contributed by atoms with van der Waals surface area (Å²) in [5.74, 6) is 0.943. The van der Waals surface area contributed by atoms with E-state index in [0.717, 1.165) is 21.3 Å². The number of thiazole rings is 1. The van der Waals surface area contributed by atoms with E-state index in [-0.39, 0.29) is 11.6 Å². The van der Waals surface area contributed by atoms with E-state index in [1.54, 1.807) is 30.5 Å². The summed E-state index contributed by atoms with van der Waals surface area (Å²) in [5.41, 5.74) is 2.71. The highest BCUT2D eigenvalue weighted by atomic mass is 32.1. The number of hydrogen-bond acceptors (Lipinski definition) is 7. The molecular weight excluding hydrogens is 424 g/mol. The average Bonchev–Trinajstić information content (AvgIpc) is 3.50. The van der Waals surface area contributed by atoms with Crippen LogP contribution >= 0.6 is 11.3 Å². The molecule has 0 fully saturated rings. The van der Waals surface area contributed by atoms with Crippen LogP contribution in [0.5, 0.6) is 5.75 Å². The fourth-order valence-electron chi connectivity index (χ4n) is 3.29. The van der Waals surface area contributed by atoms with Gasteiger partial charge in [-0.25, -0.2) is 4.98 Å². The second-order valence-electron chi connectivity index (χ2n) is 7.03. The maximum absolute atomic E-state index is 13.5.